The Morgan fingerprint density at radius 1 is 1.20 bits per heavy atom. The molecular weight excluding hydrogens is 378 g/mol. The van der Waals surface area contributed by atoms with Gasteiger partial charge in [0.1, 0.15) is 5.75 Å². The molecule has 2 heterocycles. The summed E-state index contributed by atoms with van der Waals surface area (Å²) in [4.78, 5) is 19.3. The molecule has 1 atom stereocenters. The summed E-state index contributed by atoms with van der Waals surface area (Å²) < 4.78 is 10.8. The minimum atomic E-state index is 0.114. The van der Waals surface area contributed by atoms with E-state index in [1.165, 1.54) is 32.1 Å². The number of ether oxygens (including phenoxy) is 1. The van der Waals surface area contributed by atoms with Crippen LogP contribution in [-0.4, -0.2) is 41.1 Å². The molecule has 1 aromatic heterocycles. The Morgan fingerprint density at radius 2 is 2.00 bits per heavy atom. The highest BCUT2D eigenvalue weighted by Gasteiger charge is 2.28. The van der Waals surface area contributed by atoms with E-state index in [-0.39, 0.29) is 11.8 Å². The molecule has 1 fully saturated rings. The lowest BCUT2D eigenvalue weighted by Crippen LogP contribution is -2.39. The van der Waals surface area contributed by atoms with Gasteiger partial charge in [0.15, 0.2) is 0 Å². The topological polar surface area (TPSA) is 68.5 Å². The zero-order valence-electron chi connectivity index (χ0n) is 18.4. The Balaban J connectivity index is 1.49. The summed E-state index contributed by atoms with van der Waals surface area (Å²) in [6, 6.07) is 7.64. The zero-order chi connectivity index (χ0) is 21.2. The lowest BCUT2D eigenvalue weighted by Gasteiger charge is -2.31. The molecule has 6 nitrogen and oxygen atoms in total. The molecule has 164 valence electrons. The first-order valence-corrected chi connectivity index (χ1v) is 11.5. The maximum atomic E-state index is 12.7. The van der Waals surface area contributed by atoms with Crippen molar-refractivity contribution in [2.75, 3.05) is 20.2 Å². The predicted molar refractivity (Wildman–Crippen MR) is 117 cm³/mol. The summed E-state index contributed by atoms with van der Waals surface area (Å²) in [7, 11) is 1.64. The Labute approximate surface area is 180 Å². The molecule has 1 amide bonds. The van der Waals surface area contributed by atoms with Crippen molar-refractivity contribution in [2.24, 2.45) is 0 Å². The first-order valence-electron chi connectivity index (χ1n) is 11.5. The quantitative estimate of drug-likeness (QED) is 0.449. The molecule has 1 saturated heterocycles. The molecule has 2 aromatic rings. The van der Waals surface area contributed by atoms with Gasteiger partial charge in [-0.25, -0.2) is 0 Å². The molecule has 1 aromatic carbocycles. The van der Waals surface area contributed by atoms with E-state index in [1.54, 1.807) is 7.11 Å². The van der Waals surface area contributed by atoms with Gasteiger partial charge in [0.2, 0.25) is 17.6 Å². The summed E-state index contributed by atoms with van der Waals surface area (Å²) in [6.45, 7) is 3.75. The van der Waals surface area contributed by atoms with Gasteiger partial charge >= 0.3 is 0 Å². The fourth-order valence-corrected chi connectivity index (χ4v) is 4.08. The van der Waals surface area contributed by atoms with Gasteiger partial charge in [-0.15, -0.1) is 0 Å². The third-order valence-corrected chi connectivity index (χ3v) is 5.89. The molecule has 0 radical (unpaired) electrons. The smallest absolute Gasteiger partial charge is 0.231 e. The Hall–Kier alpha value is -2.37. The number of carbonyl (C=O) groups is 1. The number of likely N-dealkylation sites (tertiary alicyclic amines) is 1. The van der Waals surface area contributed by atoms with Gasteiger partial charge in [-0.1, -0.05) is 62.7 Å². The number of hydrogen-bond donors (Lipinski definition) is 0. The first kappa shape index (κ1) is 22.3. The van der Waals surface area contributed by atoms with Crippen LogP contribution in [0.25, 0.3) is 11.4 Å². The predicted octanol–water partition coefficient (Wildman–Crippen LogP) is 5.59. The number of benzene rings is 1. The van der Waals surface area contributed by atoms with Crippen LogP contribution >= 0.6 is 0 Å². The van der Waals surface area contributed by atoms with Gasteiger partial charge in [0.05, 0.1) is 13.0 Å². The zero-order valence-corrected chi connectivity index (χ0v) is 18.4. The van der Waals surface area contributed by atoms with E-state index in [2.05, 4.69) is 17.1 Å². The second kappa shape index (κ2) is 11.7. The second-order valence-electron chi connectivity index (χ2n) is 8.24. The van der Waals surface area contributed by atoms with Crippen LogP contribution in [0.3, 0.4) is 0 Å². The molecule has 0 saturated carbocycles. The highest BCUT2D eigenvalue weighted by molar-refractivity contribution is 5.76. The van der Waals surface area contributed by atoms with Crippen LogP contribution in [0.4, 0.5) is 0 Å². The minimum Gasteiger partial charge on any atom is -0.497 e. The summed E-state index contributed by atoms with van der Waals surface area (Å²) in [5.41, 5.74) is 0.868. The average molecular weight is 414 g/mol. The van der Waals surface area contributed by atoms with Gasteiger partial charge in [0.25, 0.3) is 0 Å². The number of nitrogens with zero attached hydrogens (tertiary/aromatic N) is 3. The molecule has 30 heavy (non-hydrogen) atoms. The van der Waals surface area contributed by atoms with Crippen molar-refractivity contribution in [3.63, 3.8) is 0 Å². The lowest BCUT2D eigenvalue weighted by molar-refractivity contribution is -0.132. The number of piperidine rings is 1. The second-order valence-corrected chi connectivity index (χ2v) is 8.24. The Bertz CT molecular complexity index is 790. The third-order valence-electron chi connectivity index (χ3n) is 5.89. The van der Waals surface area contributed by atoms with E-state index < -0.39 is 0 Å². The number of amides is 1. The molecule has 0 bridgehead atoms. The standard InChI is InChI=1S/C24H35N3O3/c1-3-4-5-6-7-8-9-15-22(28)27-16-11-13-20(18-27)24-25-23(26-30-24)19-12-10-14-21(17-19)29-2/h10,12,14,17,20H,3-9,11,13,15-16,18H2,1-2H3. The van der Waals surface area contributed by atoms with Gasteiger partial charge < -0.3 is 14.2 Å². The summed E-state index contributed by atoms with van der Waals surface area (Å²) >= 11 is 0. The van der Waals surface area contributed by atoms with E-state index in [1.807, 2.05) is 29.2 Å². The molecule has 0 N–H and O–H groups in total. The summed E-state index contributed by atoms with van der Waals surface area (Å²) in [6.07, 6.45) is 11.2. The van der Waals surface area contributed by atoms with E-state index in [9.17, 15) is 4.79 Å². The molecule has 0 aliphatic carbocycles. The van der Waals surface area contributed by atoms with Crippen molar-refractivity contribution in [1.82, 2.24) is 15.0 Å². The summed E-state index contributed by atoms with van der Waals surface area (Å²) in [5, 5.41) is 4.15. The van der Waals surface area contributed by atoms with Gasteiger partial charge in [-0.05, 0) is 31.4 Å². The van der Waals surface area contributed by atoms with Gasteiger partial charge in [0, 0.05) is 25.1 Å². The number of aromatic nitrogens is 2. The SMILES string of the molecule is CCCCCCCCCC(=O)N1CCCC(c2nc(-c3cccc(OC)c3)no2)C1. The number of hydrogen-bond acceptors (Lipinski definition) is 5. The monoisotopic (exact) mass is 413 g/mol. The van der Waals surface area contributed by atoms with Crippen molar-refractivity contribution in [3.05, 3.63) is 30.2 Å². The highest BCUT2D eigenvalue weighted by Crippen LogP contribution is 2.29. The van der Waals surface area contributed by atoms with Crippen LogP contribution in [0.2, 0.25) is 0 Å². The maximum Gasteiger partial charge on any atom is 0.231 e. The van der Waals surface area contributed by atoms with Crippen LogP contribution in [0.1, 0.15) is 82.9 Å². The van der Waals surface area contributed by atoms with Crippen molar-refractivity contribution < 1.29 is 14.1 Å². The molecule has 0 spiro atoms. The van der Waals surface area contributed by atoms with Gasteiger partial charge in [-0.3, -0.25) is 4.79 Å². The van der Waals surface area contributed by atoms with Crippen LogP contribution in [-0.2, 0) is 4.79 Å². The molecule has 6 heteroatoms. The Morgan fingerprint density at radius 3 is 2.80 bits per heavy atom. The van der Waals surface area contributed by atoms with E-state index in [0.29, 0.717) is 24.7 Å². The number of unbranched alkanes of at least 4 members (excludes halogenated alkanes) is 6. The van der Waals surface area contributed by atoms with Crippen LogP contribution in [0.5, 0.6) is 5.75 Å². The van der Waals surface area contributed by atoms with Crippen molar-refractivity contribution in [2.45, 2.75) is 77.0 Å². The highest BCUT2D eigenvalue weighted by atomic mass is 16.5. The van der Waals surface area contributed by atoms with Gasteiger partial charge in [-0.2, -0.15) is 4.98 Å². The molecule has 1 aliphatic rings. The van der Waals surface area contributed by atoms with E-state index in [4.69, 9.17) is 9.26 Å². The van der Waals surface area contributed by atoms with Crippen molar-refractivity contribution in [3.8, 4) is 17.1 Å². The van der Waals surface area contributed by atoms with Crippen molar-refractivity contribution in [1.29, 1.82) is 0 Å². The number of rotatable bonds is 11. The fraction of sp³-hybridized carbons (Fsp3) is 0.625. The van der Waals surface area contributed by atoms with E-state index >= 15 is 0 Å². The van der Waals surface area contributed by atoms with Crippen LogP contribution < -0.4 is 4.74 Å². The van der Waals surface area contributed by atoms with Crippen molar-refractivity contribution >= 4 is 5.91 Å². The summed E-state index contributed by atoms with van der Waals surface area (Å²) in [5.74, 6) is 2.33. The molecule has 1 unspecified atom stereocenters. The molecular formula is C24H35N3O3. The first-order chi connectivity index (χ1) is 14.7. The maximum absolute atomic E-state index is 12.7. The fourth-order valence-electron chi connectivity index (χ4n) is 4.08. The number of methoxy groups -OCH3 is 1. The largest absolute Gasteiger partial charge is 0.497 e. The molecule has 3 rings (SSSR count). The average Bonchev–Trinajstić information content (AvgIpc) is 3.29. The van der Waals surface area contributed by atoms with Crippen LogP contribution in [0.15, 0.2) is 28.8 Å². The van der Waals surface area contributed by atoms with E-state index in [0.717, 1.165) is 43.5 Å². The minimum absolute atomic E-state index is 0.114. The third kappa shape index (κ3) is 6.31. The number of carbonyl (C=O) groups excluding carboxylic acids is 1. The Kier molecular flexibility index (Phi) is 8.72. The lowest BCUT2D eigenvalue weighted by atomic mass is 9.97. The van der Waals surface area contributed by atoms with Crippen LogP contribution in [0, 0.1) is 0 Å². The molecule has 1 aliphatic heterocycles. The normalized spacial score (nSPS) is 16.6.